The highest BCUT2D eigenvalue weighted by molar-refractivity contribution is 9.10. The number of hydrogen-bond acceptors (Lipinski definition) is 1. The average Bonchev–Trinajstić information content (AvgIpc) is 2.33. The maximum Gasteiger partial charge on any atom is 0.126 e. The van der Waals surface area contributed by atoms with Crippen LogP contribution in [0.2, 0.25) is 0 Å². The first-order valence-corrected chi connectivity index (χ1v) is 6.70. The highest BCUT2D eigenvalue weighted by Gasteiger charge is 2.14. The summed E-state index contributed by atoms with van der Waals surface area (Å²) in [5.74, 6) is -0.539. The summed E-state index contributed by atoms with van der Waals surface area (Å²) in [6.45, 7) is 1.72. The van der Waals surface area contributed by atoms with Gasteiger partial charge in [0.25, 0.3) is 0 Å². The van der Waals surface area contributed by atoms with Crippen molar-refractivity contribution < 1.29 is 8.78 Å². The molecule has 2 rings (SSSR count). The van der Waals surface area contributed by atoms with Crippen LogP contribution >= 0.6 is 15.9 Å². The van der Waals surface area contributed by atoms with Gasteiger partial charge in [0.1, 0.15) is 11.6 Å². The zero-order valence-electron chi connectivity index (χ0n) is 10.7. The average molecular weight is 326 g/mol. The molecule has 0 heterocycles. The number of benzene rings is 2. The highest BCUT2D eigenvalue weighted by Crippen LogP contribution is 2.26. The van der Waals surface area contributed by atoms with E-state index in [1.807, 2.05) is 6.07 Å². The molecular formula is C15H14BrF2N. The minimum absolute atomic E-state index is 0.175. The van der Waals surface area contributed by atoms with E-state index in [0.29, 0.717) is 10.0 Å². The molecule has 0 aromatic heterocycles. The number of hydrogen-bond donors (Lipinski definition) is 1. The van der Waals surface area contributed by atoms with Gasteiger partial charge in [-0.25, -0.2) is 8.78 Å². The van der Waals surface area contributed by atoms with Crippen molar-refractivity contribution >= 4 is 15.9 Å². The lowest BCUT2D eigenvalue weighted by Crippen LogP contribution is -2.18. The molecule has 0 bridgehead atoms. The number of aryl methyl sites for hydroxylation is 1. The molecule has 1 atom stereocenters. The van der Waals surface area contributed by atoms with Gasteiger partial charge in [0, 0.05) is 4.47 Å². The molecule has 0 fully saturated rings. The Kier molecular flexibility index (Phi) is 4.32. The fourth-order valence-electron chi connectivity index (χ4n) is 2.12. The van der Waals surface area contributed by atoms with Crippen molar-refractivity contribution in [3.05, 3.63) is 69.2 Å². The van der Waals surface area contributed by atoms with Crippen LogP contribution < -0.4 is 5.32 Å². The van der Waals surface area contributed by atoms with Crippen LogP contribution in [0, 0.1) is 18.6 Å². The van der Waals surface area contributed by atoms with Crippen molar-refractivity contribution in [2.24, 2.45) is 0 Å². The second kappa shape index (κ2) is 5.80. The number of rotatable bonds is 3. The van der Waals surface area contributed by atoms with Gasteiger partial charge in [-0.3, -0.25) is 0 Å². The standard InChI is InChI=1S/C15H14BrF2N/c1-9-5-10(3-4-14(9)18)15(19-2)11-6-12(16)8-13(17)7-11/h3-8,15,19H,1-2H3. The minimum Gasteiger partial charge on any atom is -0.309 e. The van der Waals surface area contributed by atoms with E-state index in [2.05, 4.69) is 21.2 Å². The van der Waals surface area contributed by atoms with Gasteiger partial charge in [0.2, 0.25) is 0 Å². The molecule has 0 spiro atoms. The van der Waals surface area contributed by atoms with Crippen LogP contribution in [0.15, 0.2) is 40.9 Å². The smallest absolute Gasteiger partial charge is 0.126 e. The van der Waals surface area contributed by atoms with Crippen LogP contribution in [0.25, 0.3) is 0 Å². The van der Waals surface area contributed by atoms with Crippen molar-refractivity contribution in [1.29, 1.82) is 0 Å². The maximum absolute atomic E-state index is 13.5. The van der Waals surface area contributed by atoms with E-state index in [-0.39, 0.29) is 17.7 Å². The Morgan fingerprint density at radius 3 is 2.37 bits per heavy atom. The molecule has 2 aromatic carbocycles. The van der Waals surface area contributed by atoms with Crippen molar-refractivity contribution in [3.8, 4) is 0 Å². The SMILES string of the molecule is CNC(c1cc(F)cc(Br)c1)c1ccc(F)c(C)c1. The largest absolute Gasteiger partial charge is 0.309 e. The summed E-state index contributed by atoms with van der Waals surface area (Å²) in [6.07, 6.45) is 0. The Hall–Kier alpha value is -1.26. The molecule has 19 heavy (non-hydrogen) atoms. The molecule has 2 aromatic rings. The van der Waals surface area contributed by atoms with E-state index < -0.39 is 0 Å². The van der Waals surface area contributed by atoms with Crippen molar-refractivity contribution in [1.82, 2.24) is 5.32 Å². The summed E-state index contributed by atoms with van der Waals surface area (Å²) in [7, 11) is 1.79. The van der Waals surface area contributed by atoms with Gasteiger partial charge in [-0.2, -0.15) is 0 Å². The fourth-order valence-corrected chi connectivity index (χ4v) is 2.60. The first kappa shape index (κ1) is 14.2. The van der Waals surface area contributed by atoms with E-state index >= 15 is 0 Å². The lowest BCUT2D eigenvalue weighted by atomic mass is 9.97. The summed E-state index contributed by atoms with van der Waals surface area (Å²) >= 11 is 3.28. The summed E-state index contributed by atoms with van der Waals surface area (Å²) in [4.78, 5) is 0. The quantitative estimate of drug-likeness (QED) is 0.884. The summed E-state index contributed by atoms with van der Waals surface area (Å²) in [5, 5.41) is 3.13. The molecule has 1 nitrogen and oxygen atoms in total. The van der Waals surface area contributed by atoms with Crippen LogP contribution in [-0.2, 0) is 0 Å². The lowest BCUT2D eigenvalue weighted by Gasteiger charge is -2.18. The van der Waals surface area contributed by atoms with Crippen LogP contribution in [-0.4, -0.2) is 7.05 Å². The van der Waals surface area contributed by atoms with Crippen molar-refractivity contribution in [2.45, 2.75) is 13.0 Å². The van der Waals surface area contributed by atoms with Crippen LogP contribution in [0.4, 0.5) is 8.78 Å². The van der Waals surface area contributed by atoms with Crippen LogP contribution in [0.3, 0.4) is 0 Å². The third-order valence-electron chi connectivity index (χ3n) is 3.02. The van der Waals surface area contributed by atoms with Crippen molar-refractivity contribution in [2.75, 3.05) is 7.05 Å². The topological polar surface area (TPSA) is 12.0 Å². The lowest BCUT2D eigenvalue weighted by molar-refractivity contribution is 0.608. The molecule has 0 aliphatic rings. The minimum atomic E-state index is -0.302. The molecule has 1 N–H and O–H groups in total. The zero-order chi connectivity index (χ0) is 14.0. The van der Waals surface area contributed by atoms with E-state index in [9.17, 15) is 8.78 Å². The van der Waals surface area contributed by atoms with E-state index in [1.54, 1.807) is 26.1 Å². The number of halogens is 3. The first-order valence-electron chi connectivity index (χ1n) is 5.90. The van der Waals surface area contributed by atoms with Crippen molar-refractivity contribution in [3.63, 3.8) is 0 Å². The van der Waals surface area contributed by atoms with Gasteiger partial charge in [-0.1, -0.05) is 28.1 Å². The van der Waals surface area contributed by atoms with Gasteiger partial charge in [0.15, 0.2) is 0 Å². The Labute approximate surface area is 119 Å². The van der Waals surface area contributed by atoms with E-state index in [0.717, 1.165) is 11.1 Å². The molecule has 0 aliphatic heterocycles. The molecule has 0 radical (unpaired) electrons. The Morgan fingerprint density at radius 2 is 1.79 bits per heavy atom. The summed E-state index contributed by atoms with van der Waals surface area (Å²) < 4.78 is 27.5. The summed E-state index contributed by atoms with van der Waals surface area (Å²) in [5.41, 5.74) is 2.27. The normalized spacial score (nSPS) is 12.5. The summed E-state index contributed by atoms with van der Waals surface area (Å²) in [6, 6.07) is 9.48. The van der Waals surface area contributed by atoms with Crippen LogP contribution in [0.1, 0.15) is 22.7 Å². The molecule has 4 heteroatoms. The van der Waals surface area contributed by atoms with Gasteiger partial charge in [-0.15, -0.1) is 0 Å². The Morgan fingerprint density at radius 1 is 1.05 bits per heavy atom. The molecule has 100 valence electrons. The third-order valence-corrected chi connectivity index (χ3v) is 3.48. The van der Waals surface area contributed by atoms with Gasteiger partial charge in [0.05, 0.1) is 6.04 Å². The maximum atomic E-state index is 13.5. The monoisotopic (exact) mass is 325 g/mol. The second-order valence-corrected chi connectivity index (χ2v) is 5.35. The fraction of sp³-hybridized carbons (Fsp3) is 0.200. The van der Waals surface area contributed by atoms with Gasteiger partial charge >= 0.3 is 0 Å². The van der Waals surface area contributed by atoms with Crippen LogP contribution in [0.5, 0.6) is 0 Å². The van der Waals surface area contributed by atoms with Gasteiger partial charge < -0.3 is 5.32 Å². The first-order chi connectivity index (χ1) is 9.01. The molecule has 0 aliphatic carbocycles. The number of nitrogens with one attached hydrogen (secondary N) is 1. The Balaban J connectivity index is 2.46. The van der Waals surface area contributed by atoms with E-state index in [1.165, 1.54) is 18.2 Å². The molecule has 0 saturated heterocycles. The molecule has 0 amide bonds. The highest BCUT2D eigenvalue weighted by atomic mass is 79.9. The predicted molar refractivity (Wildman–Crippen MR) is 76.1 cm³/mol. The van der Waals surface area contributed by atoms with Gasteiger partial charge in [-0.05, 0) is 54.9 Å². The zero-order valence-corrected chi connectivity index (χ0v) is 12.3. The molecule has 1 unspecified atom stereocenters. The predicted octanol–water partition coefficient (Wildman–Crippen LogP) is 4.34. The second-order valence-electron chi connectivity index (χ2n) is 4.43. The molecule has 0 saturated carbocycles. The third kappa shape index (κ3) is 3.19. The Bertz CT molecular complexity index is 578. The molecular weight excluding hydrogens is 312 g/mol. The van der Waals surface area contributed by atoms with E-state index in [4.69, 9.17) is 0 Å².